The van der Waals surface area contributed by atoms with Crippen LogP contribution in [0.2, 0.25) is 0 Å². The zero-order chi connectivity index (χ0) is 19.5. The van der Waals surface area contributed by atoms with Gasteiger partial charge in [-0.15, -0.1) is 0 Å². The molecule has 0 unspecified atom stereocenters. The molecular weight excluding hydrogens is 328 g/mol. The van der Waals surface area contributed by atoms with Crippen molar-refractivity contribution in [1.82, 2.24) is 0 Å². The molecule has 26 heavy (non-hydrogen) atoms. The minimum absolute atomic E-state index is 0.0467. The van der Waals surface area contributed by atoms with Gasteiger partial charge in [-0.1, -0.05) is 39.0 Å². The van der Waals surface area contributed by atoms with Gasteiger partial charge >= 0.3 is 5.97 Å². The van der Waals surface area contributed by atoms with Crippen LogP contribution in [0.25, 0.3) is 0 Å². The molecular formula is C22H26O4. The van der Waals surface area contributed by atoms with E-state index in [4.69, 9.17) is 9.47 Å². The Morgan fingerprint density at radius 3 is 1.77 bits per heavy atom. The van der Waals surface area contributed by atoms with Gasteiger partial charge in [-0.2, -0.15) is 0 Å². The largest absolute Gasteiger partial charge is 0.457 e. The molecule has 2 rings (SSSR count). The molecule has 138 valence electrons. The van der Waals surface area contributed by atoms with Crippen LogP contribution in [0.5, 0.6) is 11.5 Å². The lowest BCUT2D eigenvalue weighted by molar-refractivity contribution is 0.00691. The van der Waals surface area contributed by atoms with Crippen LogP contribution in [-0.2, 0) is 4.74 Å². The minimum atomic E-state index is -0.560. The van der Waals surface area contributed by atoms with Crippen molar-refractivity contribution in [2.45, 2.75) is 47.1 Å². The van der Waals surface area contributed by atoms with Crippen LogP contribution in [0.3, 0.4) is 0 Å². The van der Waals surface area contributed by atoms with Gasteiger partial charge < -0.3 is 9.47 Å². The number of carbonyl (C=O) groups is 2. The molecule has 0 aliphatic heterocycles. The maximum atomic E-state index is 12.4. The fourth-order valence-corrected chi connectivity index (χ4v) is 2.29. The minimum Gasteiger partial charge on any atom is -0.457 e. The number of Topliss-reactive ketones (excluding diaryl/α,β-unsaturated/α-hetero) is 1. The molecule has 0 fully saturated rings. The Labute approximate surface area is 155 Å². The third-order valence-electron chi connectivity index (χ3n) is 3.48. The van der Waals surface area contributed by atoms with Crippen molar-refractivity contribution in [3.8, 4) is 11.5 Å². The second kappa shape index (κ2) is 7.32. The Hall–Kier alpha value is -2.62. The Balaban J connectivity index is 2.21. The molecule has 0 bridgehead atoms. The normalized spacial score (nSPS) is 11.8. The van der Waals surface area contributed by atoms with Crippen molar-refractivity contribution in [3.05, 3.63) is 59.7 Å². The molecule has 4 nitrogen and oxygen atoms in total. The van der Waals surface area contributed by atoms with Crippen LogP contribution in [0.15, 0.2) is 48.5 Å². The second-order valence-corrected chi connectivity index (χ2v) is 8.24. The summed E-state index contributed by atoms with van der Waals surface area (Å²) in [5.41, 5.74) is -0.0113. The first-order valence-corrected chi connectivity index (χ1v) is 8.62. The average Bonchev–Trinajstić information content (AvgIpc) is 2.52. The molecule has 4 heteroatoms. The zero-order valence-electron chi connectivity index (χ0n) is 16.3. The third-order valence-corrected chi connectivity index (χ3v) is 3.48. The quantitative estimate of drug-likeness (QED) is 0.525. The second-order valence-electron chi connectivity index (χ2n) is 8.24. The van der Waals surface area contributed by atoms with E-state index < -0.39 is 17.0 Å². The maximum absolute atomic E-state index is 12.4. The van der Waals surface area contributed by atoms with E-state index in [1.807, 2.05) is 41.5 Å². The molecule has 0 N–H and O–H groups in total. The highest BCUT2D eigenvalue weighted by Crippen LogP contribution is 2.27. The van der Waals surface area contributed by atoms with Gasteiger partial charge in [0.25, 0.3) is 0 Å². The lowest BCUT2D eigenvalue weighted by Gasteiger charge is -2.19. The molecule has 0 radical (unpaired) electrons. The lowest BCUT2D eigenvalue weighted by Crippen LogP contribution is -2.23. The highest BCUT2D eigenvalue weighted by atomic mass is 16.6. The van der Waals surface area contributed by atoms with Crippen LogP contribution in [0.4, 0.5) is 0 Å². The van der Waals surface area contributed by atoms with Crippen molar-refractivity contribution in [2.24, 2.45) is 5.41 Å². The number of carbonyl (C=O) groups excluding carboxylic acids is 2. The summed E-state index contributed by atoms with van der Waals surface area (Å²) in [6.07, 6.45) is 0. The number of hydrogen-bond donors (Lipinski definition) is 0. The van der Waals surface area contributed by atoms with E-state index in [0.717, 1.165) is 0 Å². The number of ketones is 1. The van der Waals surface area contributed by atoms with Gasteiger partial charge in [0.15, 0.2) is 5.78 Å². The van der Waals surface area contributed by atoms with Crippen molar-refractivity contribution in [3.63, 3.8) is 0 Å². The van der Waals surface area contributed by atoms with E-state index in [1.54, 1.807) is 48.5 Å². The fraction of sp³-hybridized carbons (Fsp3) is 0.364. The van der Waals surface area contributed by atoms with Gasteiger partial charge in [0, 0.05) is 11.0 Å². The predicted octanol–water partition coefficient (Wildman–Crippen LogP) is 5.66. The first-order chi connectivity index (χ1) is 12.0. The SMILES string of the molecule is CC(C)(C)OC(=O)c1cccc(Oc2cccc(C(=O)C(C)(C)C)c2)c1. The van der Waals surface area contributed by atoms with E-state index >= 15 is 0 Å². The van der Waals surface area contributed by atoms with Gasteiger partial charge in [0.05, 0.1) is 5.56 Å². The highest BCUT2D eigenvalue weighted by Gasteiger charge is 2.23. The standard InChI is InChI=1S/C22H26O4/c1-21(2,3)19(23)15-9-7-11-17(13-15)25-18-12-8-10-16(14-18)20(24)26-22(4,5)6/h7-14H,1-6H3. The predicted molar refractivity (Wildman–Crippen MR) is 102 cm³/mol. The molecule has 0 aliphatic carbocycles. The number of esters is 1. The van der Waals surface area contributed by atoms with Crippen molar-refractivity contribution in [1.29, 1.82) is 0 Å². The fourth-order valence-electron chi connectivity index (χ4n) is 2.29. The average molecular weight is 354 g/mol. The molecule has 0 saturated heterocycles. The van der Waals surface area contributed by atoms with Crippen molar-refractivity contribution < 1.29 is 19.1 Å². The Bertz CT molecular complexity index is 807. The lowest BCUT2D eigenvalue weighted by atomic mass is 9.86. The summed E-state index contributed by atoms with van der Waals surface area (Å²) in [7, 11) is 0. The molecule has 2 aromatic carbocycles. The van der Waals surface area contributed by atoms with Gasteiger partial charge in [-0.25, -0.2) is 4.79 Å². The number of benzene rings is 2. The van der Waals surface area contributed by atoms with Crippen LogP contribution in [0, 0.1) is 5.41 Å². The summed E-state index contributed by atoms with van der Waals surface area (Å²) >= 11 is 0. The third kappa shape index (κ3) is 5.45. The molecule has 0 saturated carbocycles. The van der Waals surface area contributed by atoms with Crippen LogP contribution in [0.1, 0.15) is 62.3 Å². The molecule has 2 aromatic rings. The van der Waals surface area contributed by atoms with Crippen LogP contribution in [-0.4, -0.2) is 17.4 Å². The van der Waals surface area contributed by atoms with Gasteiger partial charge in [-0.05, 0) is 51.1 Å². The number of ether oxygens (including phenoxy) is 2. The van der Waals surface area contributed by atoms with E-state index in [2.05, 4.69) is 0 Å². The first kappa shape index (κ1) is 19.7. The summed E-state index contributed by atoms with van der Waals surface area (Å²) < 4.78 is 11.2. The summed E-state index contributed by atoms with van der Waals surface area (Å²) in [6.45, 7) is 11.1. The van der Waals surface area contributed by atoms with Gasteiger partial charge in [0.2, 0.25) is 0 Å². The van der Waals surface area contributed by atoms with E-state index in [0.29, 0.717) is 22.6 Å². The van der Waals surface area contributed by atoms with Crippen molar-refractivity contribution >= 4 is 11.8 Å². The smallest absolute Gasteiger partial charge is 0.338 e. The topological polar surface area (TPSA) is 52.6 Å². The van der Waals surface area contributed by atoms with E-state index in [1.165, 1.54) is 0 Å². The molecule has 0 amide bonds. The summed E-state index contributed by atoms with van der Waals surface area (Å²) in [5, 5.41) is 0. The first-order valence-electron chi connectivity index (χ1n) is 8.62. The molecule has 0 aliphatic rings. The van der Waals surface area contributed by atoms with Crippen LogP contribution >= 0.6 is 0 Å². The summed E-state index contributed by atoms with van der Waals surface area (Å²) in [4.78, 5) is 24.6. The Kier molecular flexibility index (Phi) is 5.55. The summed E-state index contributed by atoms with van der Waals surface area (Å²) in [6, 6.07) is 13.9. The number of rotatable bonds is 4. The van der Waals surface area contributed by atoms with Gasteiger partial charge in [0.1, 0.15) is 17.1 Å². The maximum Gasteiger partial charge on any atom is 0.338 e. The Morgan fingerprint density at radius 1 is 0.769 bits per heavy atom. The van der Waals surface area contributed by atoms with Crippen LogP contribution < -0.4 is 4.74 Å². The summed E-state index contributed by atoms with van der Waals surface area (Å²) in [5.74, 6) is 0.695. The number of hydrogen-bond acceptors (Lipinski definition) is 4. The zero-order valence-corrected chi connectivity index (χ0v) is 16.3. The van der Waals surface area contributed by atoms with Gasteiger partial charge in [-0.3, -0.25) is 4.79 Å². The molecule has 0 spiro atoms. The molecule has 0 aromatic heterocycles. The van der Waals surface area contributed by atoms with Crippen molar-refractivity contribution in [2.75, 3.05) is 0 Å². The Morgan fingerprint density at radius 2 is 1.27 bits per heavy atom. The van der Waals surface area contributed by atoms with E-state index in [-0.39, 0.29) is 5.78 Å². The monoisotopic (exact) mass is 354 g/mol. The molecule has 0 atom stereocenters. The molecule has 0 heterocycles. The van der Waals surface area contributed by atoms with E-state index in [9.17, 15) is 9.59 Å². The highest BCUT2D eigenvalue weighted by molar-refractivity contribution is 6.00.